The fourth-order valence-electron chi connectivity index (χ4n) is 4.39. The topological polar surface area (TPSA) is 84.4 Å². The van der Waals surface area contributed by atoms with Crippen LogP contribution in [0.5, 0.6) is 5.75 Å². The summed E-state index contributed by atoms with van der Waals surface area (Å²) in [5, 5.41) is 6.49. The van der Waals surface area contributed by atoms with Crippen LogP contribution in [-0.4, -0.2) is 68.8 Å². The first-order valence-electron chi connectivity index (χ1n) is 10.9. The predicted molar refractivity (Wildman–Crippen MR) is 112 cm³/mol. The van der Waals surface area contributed by atoms with Gasteiger partial charge in [-0.2, -0.15) is 0 Å². The van der Waals surface area contributed by atoms with Gasteiger partial charge in [0.2, 0.25) is 0 Å². The van der Waals surface area contributed by atoms with E-state index >= 15 is 0 Å². The van der Waals surface area contributed by atoms with Crippen LogP contribution in [0.15, 0.2) is 29.1 Å². The van der Waals surface area contributed by atoms with E-state index in [1.807, 2.05) is 6.07 Å². The number of fused-ring (bicyclic) bond motifs is 1. The molecule has 2 fully saturated rings. The number of hydrogen-bond acceptors (Lipinski definition) is 7. The Morgan fingerprint density at radius 1 is 1.32 bits per heavy atom. The first-order chi connectivity index (χ1) is 15.2. The summed E-state index contributed by atoms with van der Waals surface area (Å²) in [6, 6.07) is 3.47. The van der Waals surface area contributed by atoms with Crippen LogP contribution in [0.2, 0.25) is 0 Å². The van der Waals surface area contributed by atoms with Crippen LogP contribution < -0.4 is 15.4 Å². The Balaban J connectivity index is 1.06. The summed E-state index contributed by atoms with van der Waals surface area (Å²) in [5.41, 5.74) is 1.84. The third-order valence-electron chi connectivity index (χ3n) is 6.06. The third kappa shape index (κ3) is 4.52. The van der Waals surface area contributed by atoms with Crippen molar-refractivity contribution in [3.8, 4) is 5.75 Å². The molecule has 1 aromatic carbocycles. The molecule has 2 N–H and O–H groups in total. The molecule has 3 heterocycles. The van der Waals surface area contributed by atoms with Crippen LogP contribution in [0.3, 0.4) is 0 Å². The van der Waals surface area contributed by atoms with Gasteiger partial charge in [-0.1, -0.05) is 0 Å². The van der Waals surface area contributed by atoms with Crippen molar-refractivity contribution < 1.29 is 23.4 Å². The SMILES string of the molecule is O=C1OC(CCNCC2Cc3cc(OC4COC4)cc(F)c3C2)CN1C1=CNCC=N1. The van der Waals surface area contributed by atoms with Crippen molar-refractivity contribution in [1.29, 1.82) is 0 Å². The number of carbonyl (C=O) groups excluding carboxylic acids is 1. The minimum atomic E-state index is -0.356. The molecule has 2 unspecified atom stereocenters. The minimum absolute atomic E-state index is 0.0365. The Bertz CT molecular complexity index is 902. The summed E-state index contributed by atoms with van der Waals surface area (Å²) in [4.78, 5) is 17.9. The lowest BCUT2D eigenvalue weighted by Crippen LogP contribution is -2.38. The first-order valence-corrected chi connectivity index (χ1v) is 10.9. The molecular weight excluding hydrogens is 403 g/mol. The maximum absolute atomic E-state index is 14.5. The largest absolute Gasteiger partial charge is 0.485 e. The van der Waals surface area contributed by atoms with Gasteiger partial charge in [0, 0.05) is 25.0 Å². The lowest BCUT2D eigenvalue weighted by atomic mass is 10.1. The van der Waals surface area contributed by atoms with Gasteiger partial charge in [0.15, 0.2) is 5.82 Å². The highest BCUT2D eigenvalue weighted by molar-refractivity contribution is 5.73. The number of nitrogens with zero attached hydrogens (tertiary/aromatic N) is 2. The third-order valence-corrected chi connectivity index (χ3v) is 6.06. The maximum Gasteiger partial charge on any atom is 0.415 e. The van der Waals surface area contributed by atoms with E-state index in [1.165, 1.54) is 6.07 Å². The van der Waals surface area contributed by atoms with Gasteiger partial charge >= 0.3 is 6.09 Å². The number of benzene rings is 1. The highest BCUT2D eigenvalue weighted by atomic mass is 19.1. The van der Waals surface area contributed by atoms with Gasteiger partial charge in [0.1, 0.15) is 23.8 Å². The minimum Gasteiger partial charge on any atom is -0.485 e. The Hall–Kier alpha value is -2.65. The lowest BCUT2D eigenvalue weighted by Gasteiger charge is -2.27. The van der Waals surface area contributed by atoms with Crippen molar-refractivity contribution in [1.82, 2.24) is 15.5 Å². The molecule has 8 nitrogen and oxygen atoms in total. The van der Waals surface area contributed by atoms with E-state index in [4.69, 9.17) is 14.2 Å². The molecule has 31 heavy (non-hydrogen) atoms. The van der Waals surface area contributed by atoms with Crippen LogP contribution in [0.1, 0.15) is 17.5 Å². The van der Waals surface area contributed by atoms with Gasteiger partial charge in [-0.05, 0) is 55.5 Å². The summed E-state index contributed by atoms with van der Waals surface area (Å²) in [6.45, 7) is 3.84. The van der Waals surface area contributed by atoms with E-state index in [0.717, 1.165) is 43.5 Å². The Labute approximate surface area is 180 Å². The molecule has 2 saturated heterocycles. The number of nitrogens with one attached hydrogen (secondary N) is 2. The molecule has 0 bridgehead atoms. The number of ether oxygens (including phenoxy) is 3. The van der Waals surface area contributed by atoms with Crippen LogP contribution in [-0.2, 0) is 22.3 Å². The molecule has 9 heteroatoms. The van der Waals surface area contributed by atoms with Crippen molar-refractivity contribution in [2.45, 2.75) is 31.5 Å². The van der Waals surface area contributed by atoms with Crippen LogP contribution in [0, 0.1) is 11.7 Å². The molecular formula is C22H27FN4O4. The molecule has 1 aromatic rings. The number of aliphatic imine (C=N–C) groups is 1. The second-order valence-electron chi connectivity index (χ2n) is 8.43. The summed E-state index contributed by atoms with van der Waals surface area (Å²) >= 11 is 0. The molecule has 0 saturated carbocycles. The zero-order valence-electron chi connectivity index (χ0n) is 17.3. The highest BCUT2D eigenvalue weighted by Crippen LogP contribution is 2.33. The van der Waals surface area contributed by atoms with E-state index in [1.54, 1.807) is 17.3 Å². The molecule has 0 radical (unpaired) electrons. The molecule has 1 aliphatic carbocycles. The van der Waals surface area contributed by atoms with Crippen molar-refractivity contribution in [3.05, 3.63) is 41.1 Å². The fourth-order valence-corrected chi connectivity index (χ4v) is 4.39. The van der Waals surface area contributed by atoms with Crippen LogP contribution in [0.4, 0.5) is 9.18 Å². The zero-order valence-corrected chi connectivity index (χ0v) is 17.3. The normalized spacial score (nSPS) is 25.0. The highest BCUT2D eigenvalue weighted by Gasteiger charge is 2.33. The quantitative estimate of drug-likeness (QED) is 0.610. The van der Waals surface area contributed by atoms with Gasteiger partial charge in [0.25, 0.3) is 0 Å². The lowest BCUT2D eigenvalue weighted by molar-refractivity contribution is -0.0797. The molecule has 5 rings (SSSR count). The van der Waals surface area contributed by atoms with Gasteiger partial charge in [-0.3, -0.25) is 4.90 Å². The van der Waals surface area contributed by atoms with Crippen LogP contribution >= 0.6 is 0 Å². The van der Waals surface area contributed by atoms with Gasteiger partial charge in [0.05, 0.1) is 19.8 Å². The molecule has 3 aliphatic heterocycles. The van der Waals surface area contributed by atoms with Gasteiger partial charge in [-0.25, -0.2) is 14.2 Å². The smallest absolute Gasteiger partial charge is 0.415 e. The molecule has 166 valence electrons. The number of halogens is 1. The molecule has 4 aliphatic rings. The van der Waals surface area contributed by atoms with E-state index in [0.29, 0.717) is 43.8 Å². The monoisotopic (exact) mass is 430 g/mol. The predicted octanol–water partition coefficient (Wildman–Crippen LogP) is 1.59. The van der Waals surface area contributed by atoms with Crippen molar-refractivity contribution in [2.24, 2.45) is 10.9 Å². The van der Waals surface area contributed by atoms with Crippen molar-refractivity contribution in [3.63, 3.8) is 0 Å². The average Bonchev–Trinajstić information content (AvgIpc) is 3.32. The van der Waals surface area contributed by atoms with Gasteiger partial charge in [-0.15, -0.1) is 0 Å². The first kappa shape index (κ1) is 20.3. The molecule has 0 aromatic heterocycles. The summed E-state index contributed by atoms with van der Waals surface area (Å²) in [6.07, 6.45) is 5.27. The van der Waals surface area contributed by atoms with E-state index in [-0.39, 0.29) is 24.1 Å². The van der Waals surface area contributed by atoms with E-state index in [9.17, 15) is 9.18 Å². The Morgan fingerprint density at radius 2 is 2.23 bits per heavy atom. The fraction of sp³-hybridized carbons (Fsp3) is 0.545. The number of carbonyl (C=O) groups is 1. The molecule has 2 atom stereocenters. The number of rotatable bonds is 8. The second-order valence-corrected chi connectivity index (χ2v) is 8.43. The van der Waals surface area contributed by atoms with Crippen LogP contribution in [0.25, 0.3) is 0 Å². The van der Waals surface area contributed by atoms with Gasteiger partial charge < -0.3 is 24.8 Å². The Kier molecular flexibility index (Phi) is 5.78. The van der Waals surface area contributed by atoms with E-state index < -0.39 is 0 Å². The standard InChI is InChI=1S/C22H27FN4O4/c23-20-8-17(30-18-12-29-13-18)7-15-5-14(6-19(15)20)9-24-2-1-16-11-27(22(28)31-16)21-10-25-3-4-26-21/h4,7-8,10,14,16,18,24-25H,1-3,5-6,9,11-13H2. The summed E-state index contributed by atoms with van der Waals surface area (Å²) in [7, 11) is 0. The molecule has 0 spiro atoms. The summed E-state index contributed by atoms with van der Waals surface area (Å²) < 4.78 is 30.8. The number of amides is 1. The van der Waals surface area contributed by atoms with E-state index in [2.05, 4.69) is 15.6 Å². The number of cyclic esters (lactones) is 1. The molecule has 1 amide bonds. The Morgan fingerprint density at radius 3 is 3.00 bits per heavy atom. The zero-order chi connectivity index (χ0) is 21.2. The number of hydrogen-bond donors (Lipinski definition) is 2. The van der Waals surface area contributed by atoms with Crippen molar-refractivity contribution in [2.75, 3.05) is 39.4 Å². The summed E-state index contributed by atoms with van der Waals surface area (Å²) in [5.74, 6) is 1.36. The maximum atomic E-state index is 14.5. The second kappa shape index (κ2) is 8.84. The average molecular weight is 430 g/mol. The van der Waals surface area contributed by atoms with Crippen molar-refractivity contribution >= 4 is 12.3 Å².